The van der Waals surface area contributed by atoms with Gasteiger partial charge in [-0.3, -0.25) is 4.57 Å². The van der Waals surface area contributed by atoms with Gasteiger partial charge in [0.2, 0.25) is 0 Å². The van der Waals surface area contributed by atoms with Gasteiger partial charge in [-0.25, -0.2) is 0 Å². The van der Waals surface area contributed by atoms with Gasteiger partial charge in [-0.2, -0.15) is 0 Å². The molecule has 7 heteroatoms. The quantitative estimate of drug-likeness (QED) is 0.525. The molecule has 1 aliphatic rings. The van der Waals surface area contributed by atoms with E-state index in [4.69, 9.17) is 9.84 Å². The summed E-state index contributed by atoms with van der Waals surface area (Å²) in [7, 11) is 0. The minimum Gasteiger partial charge on any atom is -0.445 e. The first-order chi connectivity index (χ1) is 6.70. The number of fused-ring (bicyclic) bond motifs is 1. The van der Waals surface area contributed by atoms with Gasteiger partial charge in [0.15, 0.2) is 0 Å². The van der Waals surface area contributed by atoms with Gasteiger partial charge < -0.3 is 20.0 Å². The molecular weight excluding hydrogens is 190 g/mol. The monoisotopic (exact) mass is 199 g/mol. The van der Waals surface area contributed by atoms with Crippen molar-refractivity contribution < 1.29 is 14.8 Å². The van der Waals surface area contributed by atoms with Crippen LogP contribution < -0.4 is 4.74 Å². The molecule has 14 heavy (non-hydrogen) atoms. The number of ether oxygens (including phenoxy) is 1. The van der Waals surface area contributed by atoms with E-state index in [1.165, 1.54) is 6.20 Å². The summed E-state index contributed by atoms with van der Waals surface area (Å²) in [5, 5.41) is 19.3. The molecule has 2 heterocycles. The summed E-state index contributed by atoms with van der Waals surface area (Å²) < 4.78 is 6.69. The zero-order chi connectivity index (χ0) is 10.1. The van der Waals surface area contributed by atoms with Crippen molar-refractivity contribution in [1.82, 2.24) is 9.55 Å². The van der Waals surface area contributed by atoms with Crippen molar-refractivity contribution in [2.75, 3.05) is 13.2 Å². The van der Waals surface area contributed by atoms with Crippen molar-refractivity contribution in [2.45, 2.75) is 6.54 Å². The molecule has 0 aliphatic carbocycles. The van der Waals surface area contributed by atoms with E-state index >= 15 is 0 Å². The molecule has 0 bridgehead atoms. The van der Waals surface area contributed by atoms with E-state index in [2.05, 4.69) is 4.98 Å². The van der Waals surface area contributed by atoms with E-state index in [0.717, 1.165) is 0 Å². The first kappa shape index (κ1) is 8.95. The summed E-state index contributed by atoms with van der Waals surface area (Å²) in [6.07, 6.45) is 1.32. The van der Waals surface area contributed by atoms with Crippen molar-refractivity contribution in [1.29, 1.82) is 0 Å². The van der Waals surface area contributed by atoms with Crippen molar-refractivity contribution in [2.24, 2.45) is 5.92 Å². The summed E-state index contributed by atoms with van der Waals surface area (Å²) in [5.74, 6) is -0.241. The fraction of sp³-hybridized carbons (Fsp3) is 0.571. The fourth-order valence-electron chi connectivity index (χ4n) is 1.35. The number of aliphatic hydroxyl groups excluding tert-OH is 1. The first-order valence-corrected chi connectivity index (χ1v) is 4.16. The number of hydrogen-bond donors (Lipinski definition) is 1. The van der Waals surface area contributed by atoms with Crippen LogP contribution in [0, 0.1) is 16.0 Å². The molecule has 7 nitrogen and oxygen atoms in total. The highest BCUT2D eigenvalue weighted by atomic mass is 16.6. The Hall–Kier alpha value is -1.63. The van der Waals surface area contributed by atoms with Gasteiger partial charge in [0.1, 0.15) is 12.8 Å². The normalized spacial score (nSPS) is 19.9. The Morgan fingerprint density at radius 2 is 2.64 bits per heavy atom. The maximum Gasteiger partial charge on any atom is 0.414 e. The smallest absolute Gasteiger partial charge is 0.414 e. The van der Waals surface area contributed by atoms with Crippen LogP contribution in [-0.4, -0.2) is 32.8 Å². The zero-order valence-electron chi connectivity index (χ0n) is 7.29. The molecule has 1 atom stereocenters. The SMILES string of the molecule is O=[N+]([O-])c1cn2c(n1)OCC(CO)C2. The molecule has 0 spiro atoms. The Morgan fingerprint density at radius 3 is 3.29 bits per heavy atom. The lowest BCUT2D eigenvalue weighted by Gasteiger charge is -2.19. The standard InChI is InChI=1S/C7H9N3O4/c11-3-5-1-9-2-6(10(12)13)8-7(9)14-4-5/h2,5,11H,1,3-4H2. The third-order valence-corrected chi connectivity index (χ3v) is 2.08. The van der Waals surface area contributed by atoms with E-state index in [1.54, 1.807) is 4.57 Å². The second-order valence-electron chi connectivity index (χ2n) is 3.15. The Bertz CT molecular complexity index is 362. The van der Waals surface area contributed by atoms with E-state index in [9.17, 15) is 10.1 Å². The molecule has 0 radical (unpaired) electrons. The van der Waals surface area contributed by atoms with Crippen LogP contribution in [0.2, 0.25) is 0 Å². The number of nitro groups is 1. The number of hydrogen-bond acceptors (Lipinski definition) is 5. The van der Waals surface area contributed by atoms with Gasteiger partial charge >= 0.3 is 11.8 Å². The summed E-state index contributed by atoms with van der Waals surface area (Å²) >= 11 is 0. The molecule has 1 aromatic heterocycles. The average molecular weight is 199 g/mol. The summed E-state index contributed by atoms with van der Waals surface area (Å²) in [5.41, 5.74) is 0. The van der Waals surface area contributed by atoms with Gasteiger partial charge in [0.05, 0.1) is 6.61 Å². The van der Waals surface area contributed by atoms with Crippen LogP contribution in [0.3, 0.4) is 0 Å². The molecule has 76 valence electrons. The number of rotatable bonds is 2. The van der Waals surface area contributed by atoms with Crippen LogP contribution in [0.25, 0.3) is 0 Å². The maximum absolute atomic E-state index is 10.4. The van der Waals surface area contributed by atoms with Crippen LogP contribution in [0.5, 0.6) is 6.01 Å². The fourth-order valence-corrected chi connectivity index (χ4v) is 1.35. The lowest BCUT2D eigenvalue weighted by molar-refractivity contribution is -0.389. The molecule has 1 aliphatic heterocycles. The molecule has 2 rings (SSSR count). The number of nitrogens with zero attached hydrogens (tertiary/aromatic N) is 3. The first-order valence-electron chi connectivity index (χ1n) is 4.16. The predicted molar refractivity (Wildman–Crippen MR) is 45.0 cm³/mol. The van der Waals surface area contributed by atoms with Crippen LogP contribution in [0.15, 0.2) is 6.20 Å². The van der Waals surface area contributed by atoms with E-state index in [-0.39, 0.29) is 24.4 Å². The van der Waals surface area contributed by atoms with E-state index in [0.29, 0.717) is 13.2 Å². The summed E-state index contributed by atoms with van der Waals surface area (Å²) in [6.45, 7) is 0.864. The van der Waals surface area contributed by atoms with E-state index in [1.807, 2.05) is 0 Å². The van der Waals surface area contributed by atoms with Crippen molar-refractivity contribution >= 4 is 5.82 Å². The molecule has 0 fully saturated rings. The van der Waals surface area contributed by atoms with Crippen LogP contribution in [0.1, 0.15) is 0 Å². The van der Waals surface area contributed by atoms with Gasteiger partial charge in [0, 0.05) is 17.4 Å². The maximum atomic E-state index is 10.4. The summed E-state index contributed by atoms with van der Waals surface area (Å²) in [6, 6.07) is 0.251. The minimum absolute atomic E-state index is 0.00537. The molecular formula is C7H9N3O4. The molecule has 0 saturated carbocycles. The molecule has 1 aromatic rings. The third-order valence-electron chi connectivity index (χ3n) is 2.08. The second kappa shape index (κ2) is 3.26. The number of imidazole rings is 1. The van der Waals surface area contributed by atoms with E-state index < -0.39 is 4.92 Å². The third kappa shape index (κ3) is 1.41. The summed E-state index contributed by atoms with van der Waals surface area (Å²) in [4.78, 5) is 13.5. The van der Waals surface area contributed by atoms with Gasteiger partial charge in [-0.1, -0.05) is 0 Å². The Balaban J connectivity index is 2.25. The average Bonchev–Trinajstić information content (AvgIpc) is 2.59. The Labute approximate surface area is 79.1 Å². The minimum atomic E-state index is -0.567. The molecule has 1 unspecified atom stereocenters. The van der Waals surface area contributed by atoms with Crippen molar-refractivity contribution in [3.63, 3.8) is 0 Å². The van der Waals surface area contributed by atoms with Gasteiger partial charge in [0.25, 0.3) is 0 Å². The molecule has 0 saturated heterocycles. The topological polar surface area (TPSA) is 90.4 Å². The van der Waals surface area contributed by atoms with Gasteiger partial charge in [-0.15, -0.1) is 0 Å². The van der Waals surface area contributed by atoms with Gasteiger partial charge in [-0.05, 0) is 4.92 Å². The molecule has 1 N–H and O–H groups in total. The number of aliphatic hydroxyl groups is 1. The Kier molecular flexibility index (Phi) is 2.08. The second-order valence-corrected chi connectivity index (χ2v) is 3.15. The highest BCUT2D eigenvalue weighted by Gasteiger charge is 2.27. The highest BCUT2D eigenvalue weighted by Crippen LogP contribution is 2.23. The Morgan fingerprint density at radius 1 is 1.86 bits per heavy atom. The molecule has 0 aromatic carbocycles. The van der Waals surface area contributed by atoms with Crippen LogP contribution >= 0.6 is 0 Å². The predicted octanol–water partition coefficient (Wildman–Crippen LogP) is -0.208. The molecule has 0 amide bonds. The van der Waals surface area contributed by atoms with Crippen molar-refractivity contribution in [3.8, 4) is 6.01 Å². The van der Waals surface area contributed by atoms with Crippen LogP contribution in [0.4, 0.5) is 5.82 Å². The zero-order valence-corrected chi connectivity index (χ0v) is 7.29. The van der Waals surface area contributed by atoms with Crippen LogP contribution in [-0.2, 0) is 6.54 Å². The van der Waals surface area contributed by atoms with Crippen molar-refractivity contribution in [3.05, 3.63) is 16.3 Å². The largest absolute Gasteiger partial charge is 0.445 e. The lowest BCUT2D eigenvalue weighted by Crippen LogP contribution is -2.27. The lowest BCUT2D eigenvalue weighted by atomic mass is 10.1. The highest BCUT2D eigenvalue weighted by molar-refractivity contribution is 5.21. The number of aromatic nitrogens is 2.